The number of aromatic nitrogens is 2. The zero-order valence-electron chi connectivity index (χ0n) is 21.2. The molecule has 0 bridgehead atoms. The number of rotatable bonds is 10. The summed E-state index contributed by atoms with van der Waals surface area (Å²) in [6.07, 6.45) is 0. The van der Waals surface area contributed by atoms with Crippen LogP contribution < -0.4 is 29.3 Å². The fourth-order valence-corrected chi connectivity index (χ4v) is 4.79. The van der Waals surface area contributed by atoms with Gasteiger partial charge in [-0.1, -0.05) is 29.0 Å². The fraction of sp³-hybridized carbons (Fsp3) is 0.423. The van der Waals surface area contributed by atoms with Gasteiger partial charge in [0, 0.05) is 37.4 Å². The average Bonchev–Trinajstić information content (AvgIpc) is 3.35. The van der Waals surface area contributed by atoms with Gasteiger partial charge in [-0.25, -0.2) is 0 Å². The van der Waals surface area contributed by atoms with Crippen LogP contribution in [-0.2, 0) is 0 Å². The van der Waals surface area contributed by atoms with Gasteiger partial charge in [-0.2, -0.15) is 0 Å². The van der Waals surface area contributed by atoms with Gasteiger partial charge in [0.1, 0.15) is 0 Å². The molecular weight excluding hydrogens is 478 g/mol. The van der Waals surface area contributed by atoms with Crippen molar-refractivity contribution in [3.63, 3.8) is 0 Å². The Morgan fingerprint density at radius 2 is 1.47 bits per heavy atom. The molecule has 36 heavy (non-hydrogen) atoms. The quantitative estimate of drug-likeness (QED) is 0.422. The maximum atomic E-state index is 13.1. The smallest absolute Gasteiger partial charge is 0.257 e. The van der Waals surface area contributed by atoms with Gasteiger partial charge >= 0.3 is 0 Å². The van der Waals surface area contributed by atoms with Crippen molar-refractivity contribution >= 4 is 33.2 Å². The number of hydrogen-bond donors (Lipinski definition) is 1. The summed E-state index contributed by atoms with van der Waals surface area (Å²) in [4.78, 5) is 17.6. The molecule has 1 amide bonds. The minimum atomic E-state index is -0.313. The predicted octanol–water partition coefficient (Wildman–Crippen LogP) is 4.62. The van der Waals surface area contributed by atoms with E-state index in [9.17, 15) is 4.79 Å². The van der Waals surface area contributed by atoms with Crippen LogP contribution in [0.25, 0.3) is 0 Å². The monoisotopic (exact) mass is 511 g/mol. The molecule has 10 heteroatoms. The highest BCUT2D eigenvalue weighted by Gasteiger charge is 2.22. The molecule has 1 fully saturated rings. The third-order valence-corrected chi connectivity index (χ3v) is 6.65. The van der Waals surface area contributed by atoms with Crippen molar-refractivity contribution in [2.75, 3.05) is 61.1 Å². The highest BCUT2D eigenvalue weighted by Crippen LogP contribution is 2.39. The van der Waals surface area contributed by atoms with E-state index in [4.69, 9.17) is 14.2 Å². The van der Waals surface area contributed by atoms with Gasteiger partial charge in [-0.05, 0) is 52.0 Å². The Morgan fingerprint density at radius 3 is 2.06 bits per heavy atom. The van der Waals surface area contributed by atoms with Crippen molar-refractivity contribution in [1.82, 2.24) is 10.2 Å². The number of aryl methyl sites for hydroxylation is 1. The summed E-state index contributed by atoms with van der Waals surface area (Å²) in [5.74, 6) is 1.13. The number of anilines is 3. The van der Waals surface area contributed by atoms with Crippen molar-refractivity contribution in [1.29, 1.82) is 0 Å². The van der Waals surface area contributed by atoms with Gasteiger partial charge in [0.2, 0.25) is 16.0 Å². The van der Waals surface area contributed by atoms with Crippen LogP contribution in [0.3, 0.4) is 0 Å². The summed E-state index contributed by atoms with van der Waals surface area (Å²) in [6.45, 7) is 12.6. The number of amides is 1. The molecule has 1 aliphatic heterocycles. The topological polar surface area (TPSA) is 89.0 Å². The number of carbonyl (C=O) groups is 1. The van der Waals surface area contributed by atoms with Gasteiger partial charge in [-0.15, -0.1) is 10.2 Å². The largest absolute Gasteiger partial charge is 0.490 e. The number of nitrogens with one attached hydrogen (secondary N) is 1. The molecule has 9 nitrogen and oxygen atoms in total. The standard InChI is InChI=1S/C26H33N5O4S/c1-5-33-21-16-19(17-22(34-6-2)23(21)35-7-3)24(32)27-25-28-29-26(36-25)31-14-12-30(13-15-31)20-10-8-18(4)9-11-20/h8-11,16-17H,5-7,12-15H2,1-4H3,(H,27,28,32). The number of nitrogens with zero attached hydrogens (tertiary/aromatic N) is 4. The third-order valence-electron chi connectivity index (χ3n) is 5.76. The molecule has 4 rings (SSSR count). The summed E-state index contributed by atoms with van der Waals surface area (Å²) in [6, 6.07) is 11.9. The maximum Gasteiger partial charge on any atom is 0.257 e. The zero-order valence-corrected chi connectivity index (χ0v) is 22.1. The Kier molecular flexibility index (Phi) is 8.48. The zero-order chi connectivity index (χ0) is 25.5. The van der Waals surface area contributed by atoms with Crippen molar-refractivity contribution < 1.29 is 19.0 Å². The first-order valence-corrected chi connectivity index (χ1v) is 13.1. The summed E-state index contributed by atoms with van der Waals surface area (Å²) in [7, 11) is 0. The first kappa shape index (κ1) is 25.6. The summed E-state index contributed by atoms with van der Waals surface area (Å²) in [5, 5.41) is 12.6. The van der Waals surface area contributed by atoms with Crippen molar-refractivity contribution in [2.45, 2.75) is 27.7 Å². The summed E-state index contributed by atoms with van der Waals surface area (Å²) in [5.41, 5.74) is 2.89. The van der Waals surface area contributed by atoms with Crippen molar-refractivity contribution in [2.24, 2.45) is 0 Å². The SMILES string of the molecule is CCOc1cc(C(=O)Nc2nnc(N3CCN(c4ccc(C)cc4)CC3)s2)cc(OCC)c1OCC. The number of hydrogen-bond acceptors (Lipinski definition) is 9. The summed E-state index contributed by atoms with van der Waals surface area (Å²) < 4.78 is 17.2. The molecule has 0 atom stereocenters. The third kappa shape index (κ3) is 5.99. The first-order chi connectivity index (χ1) is 17.5. The Hall–Kier alpha value is -3.53. The molecule has 2 heterocycles. The van der Waals surface area contributed by atoms with Crippen LogP contribution >= 0.6 is 11.3 Å². The lowest BCUT2D eigenvalue weighted by Gasteiger charge is -2.35. The lowest BCUT2D eigenvalue weighted by Crippen LogP contribution is -2.46. The molecule has 2 aromatic carbocycles. The molecule has 0 saturated carbocycles. The van der Waals surface area contributed by atoms with Crippen LogP contribution in [0.5, 0.6) is 17.2 Å². The van der Waals surface area contributed by atoms with Crippen LogP contribution in [0.15, 0.2) is 36.4 Å². The van der Waals surface area contributed by atoms with Crippen LogP contribution in [0.2, 0.25) is 0 Å². The Balaban J connectivity index is 1.42. The highest BCUT2D eigenvalue weighted by atomic mass is 32.1. The van der Waals surface area contributed by atoms with Crippen LogP contribution in [0.4, 0.5) is 16.0 Å². The predicted molar refractivity (Wildman–Crippen MR) is 143 cm³/mol. The molecule has 1 aromatic heterocycles. The van der Waals surface area contributed by atoms with E-state index in [1.54, 1.807) is 12.1 Å². The normalized spacial score (nSPS) is 13.4. The van der Waals surface area contributed by atoms with Gasteiger partial charge in [0.05, 0.1) is 19.8 Å². The Labute approximate surface area is 216 Å². The molecule has 0 radical (unpaired) electrons. The van der Waals surface area contributed by atoms with E-state index in [0.29, 0.717) is 47.8 Å². The van der Waals surface area contributed by atoms with Crippen LogP contribution in [-0.4, -0.2) is 62.1 Å². The van der Waals surface area contributed by atoms with Crippen LogP contribution in [0.1, 0.15) is 36.7 Å². The molecule has 1 saturated heterocycles. The van der Waals surface area contributed by atoms with E-state index in [0.717, 1.165) is 31.3 Å². The molecule has 192 valence electrons. The van der Waals surface area contributed by atoms with E-state index < -0.39 is 0 Å². The average molecular weight is 512 g/mol. The number of benzene rings is 2. The number of piperazine rings is 1. The second-order valence-electron chi connectivity index (χ2n) is 8.25. The Bertz CT molecular complexity index is 1130. The van der Waals surface area contributed by atoms with E-state index in [1.807, 2.05) is 20.8 Å². The summed E-state index contributed by atoms with van der Waals surface area (Å²) >= 11 is 1.37. The van der Waals surface area contributed by atoms with E-state index in [-0.39, 0.29) is 5.91 Å². The van der Waals surface area contributed by atoms with Gasteiger partial charge < -0.3 is 24.0 Å². The van der Waals surface area contributed by atoms with Gasteiger partial charge in [0.25, 0.3) is 5.91 Å². The molecule has 1 aliphatic rings. The number of ether oxygens (including phenoxy) is 3. The van der Waals surface area contributed by atoms with Crippen molar-refractivity contribution in [3.05, 3.63) is 47.5 Å². The first-order valence-electron chi connectivity index (χ1n) is 12.3. The van der Waals surface area contributed by atoms with Crippen LogP contribution in [0, 0.1) is 6.92 Å². The lowest BCUT2D eigenvalue weighted by atomic mass is 10.1. The molecule has 0 aliphatic carbocycles. The number of carbonyl (C=O) groups excluding carboxylic acids is 1. The minimum absolute atomic E-state index is 0.313. The molecule has 1 N–H and O–H groups in total. The maximum absolute atomic E-state index is 13.1. The minimum Gasteiger partial charge on any atom is -0.490 e. The molecule has 3 aromatic rings. The van der Waals surface area contributed by atoms with E-state index >= 15 is 0 Å². The van der Waals surface area contributed by atoms with Gasteiger partial charge in [0.15, 0.2) is 11.5 Å². The molecule has 0 spiro atoms. The van der Waals surface area contributed by atoms with Gasteiger partial charge in [-0.3, -0.25) is 10.1 Å². The van der Waals surface area contributed by atoms with E-state index in [2.05, 4.69) is 56.5 Å². The second kappa shape index (κ2) is 11.9. The molecular formula is C26H33N5O4S. The fourth-order valence-electron chi connectivity index (χ4n) is 3.99. The second-order valence-corrected chi connectivity index (χ2v) is 9.21. The van der Waals surface area contributed by atoms with E-state index in [1.165, 1.54) is 22.6 Å². The van der Waals surface area contributed by atoms with Crippen molar-refractivity contribution in [3.8, 4) is 17.2 Å². The Morgan fingerprint density at radius 1 is 0.889 bits per heavy atom. The highest BCUT2D eigenvalue weighted by molar-refractivity contribution is 7.19. The molecule has 0 unspecified atom stereocenters. The lowest BCUT2D eigenvalue weighted by molar-refractivity contribution is 0.102.